The number of imide groups is 1. The Balaban J connectivity index is 1.43. The SMILES string of the molecule is Cc1ccc(C(C)C)c(OCCN2C(=O)S/C(=C\c3ccc(-c4ccc(Cl)cc4Cl)o3)C2=O)c1. The highest BCUT2D eigenvalue weighted by Crippen LogP contribution is 2.35. The van der Waals surface area contributed by atoms with Crippen molar-refractivity contribution < 1.29 is 18.7 Å². The predicted molar refractivity (Wildman–Crippen MR) is 138 cm³/mol. The summed E-state index contributed by atoms with van der Waals surface area (Å²) in [6, 6.07) is 14.7. The van der Waals surface area contributed by atoms with Crippen molar-refractivity contribution in [3.05, 3.63) is 80.4 Å². The van der Waals surface area contributed by atoms with E-state index in [4.69, 9.17) is 32.4 Å². The van der Waals surface area contributed by atoms with Gasteiger partial charge in [-0.15, -0.1) is 0 Å². The van der Waals surface area contributed by atoms with Crippen LogP contribution >= 0.6 is 35.0 Å². The second kappa shape index (κ2) is 10.3. The highest BCUT2D eigenvalue weighted by Gasteiger charge is 2.35. The van der Waals surface area contributed by atoms with Crippen molar-refractivity contribution in [3.8, 4) is 17.1 Å². The van der Waals surface area contributed by atoms with Crippen molar-refractivity contribution in [2.45, 2.75) is 26.7 Å². The van der Waals surface area contributed by atoms with Crippen LogP contribution in [0.5, 0.6) is 5.75 Å². The van der Waals surface area contributed by atoms with Gasteiger partial charge in [0.25, 0.3) is 11.1 Å². The molecule has 34 heavy (non-hydrogen) atoms. The van der Waals surface area contributed by atoms with Crippen LogP contribution in [0.25, 0.3) is 17.4 Å². The van der Waals surface area contributed by atoms with Crippen molar-refractivity contribution in [1.82, 2.24) is 4.90 Å². The van der Waals surface area contributed by atoms with Crippen molar-refractivity contribution in [1.29, 1.82) is 0 Å². The molecule has 1 fully saturated rings. The molecule has 4 rings (SSSR count). The highest BCUT2D eigenvalue weighted by atomic mass is 35.5. The van der Waals surface area contributed by atoms with Crippen molar-refractivity contribution in [2.75, 3.05) is 13.2 Å². The molecule has 1 saturated heterocycles. The summed E-state index contributed by atoms with van der Waals surface area (Å²) in [4.78, 5) is 26.8. The molecule has 1 aliphatic rings. The lowest BCUT2D eigenvalue weighted by atomic mass is 10.0. The van der Waals surface area contributed by atoms with E-state index in [1.165, 1.54) is 4.90 Å². The van der Waals surface area contributed by atoms with E-state index in [1.807, 2.05) is 25.1 Å². The Bertz CT molecular complexity index is 1280. The molecule has 0 spiro atoms. The predicted octanol–water partition coefficient (Wildman–Crippen LogP) is 7.80. The number of benzene rings is 2. The number of furan rings is 1. The lowest BCUT2D eigenvalue weighted by Crippen LogP contribution is -2.32. The van der Waals surface area contributed by atoms with E-state index in [9.17, 15) is 9.59 Å². The Kier molecular flexibility index (Phi) is 7.41. The van der Waals surface area contributed by atoms with E-state index in [2.05, 4.69) is 13.8 Å². The van der Waals surface area contributed by atoms with Crippen LogP contribution in [-0.2, 0) is 4.79 Å². The summed E-state index contributed by atoms with van der Waals surface area (Å²) in [6.45, 7) is 6.57. The van der Waals surface area contributed by atoms with Crippen LogP contribution in [0.2, 0.25) is 10.0 Å². The van der Waals surface area contributed by atoms with Gasteiger partial charge in [-0.1, -0.05) is 49.2 Å². The Hall–Kier alpha value is -2.67. The molecule has 0 saturated carbocycles. The summed E-state index contributed by atoms with van der Waals surface area (Å²) in [5.74, 6) is 1.70. The second-order valence-electron chi connectivity index (χ2n) is 8.20. The average Bonchev–Trinajstić information content (AvgIpc) is 3.33. The minimum Gasteiger partial charge on any atom is -0.491 e. The van der Waals surface area contributed by atoms with Gasteiger partial charge in [-0.25, -0.2) is 0 Å². The first-order chi connectivity index (χ1) is 16.2. The number of carbonyl (C=O) groups is 2. The summed E-state index contributed by atoms with van der Waals surface area (Å²) < 4.78 is 11.8. The third-order valence-electron chi connectivity index (χ3n) is 5.33. The van der Waals surface area contributed by atoms with Crippen LogP contribution in [0, 0.1) is 6.92 Å². The molecule has 1 aliphatic heterocycles. The van der Waals surface area contributed by atoms with Gasteiger partial charge in [0, 0.05) is 16.7 Å². The highest BCUT2D eigenvalue weighted by molar-refractivity contribution is 8.18. The lowest BCUT2D eigenvalue weighted by Gasteiger charge is -2.17. The zero-order valence-corrected chi connectivity index (χ0v) is 21.3. The fraction of sp³-hybridized carbons (Fsp3) is 0.231. The third kappa shape index (κ3) is 5.35. The molecule has 0 aliphatic carbocycles. The van der Waals surface area contributed by atoms with Gasteiger partial charge in [-0.3, -0.25) is 14.5 Å². The number of halogens is 2. The molecule has 0 radical (unpaired) electrons. The Morgan fingerprint density at radius 2 is 1.88 bits per heavy atom. The molecule has 0 N–H and O–H groups in total. The Labute approximate surface area is 212 Å². The molecular weight excluding hydrogens is 493 g/mol. The van der Waals surface area contributed by atoms with Crippen LogP contribution in [0.4, 0.5) is 4.79 Å². The van der Waals surface area contributed by atoms with Gasteiger partial charge in [-0.2, -0.15) is 0 Å². The molecule has 8 heteroatoms. The molecular formula is C26H23Cl2NO4S. The van der Waals surface area contributed by atoms with E-state index in [-0.39, 0.29) is 24.3 Å². The van der Waals surface area contributed by atoms with Crippen molar-refractivity contribution >= 4 is 52.2 Å². The minimum absolute atomic E-state index is 0.164. The summed E-state index contributed by atoms with van der Waals surface area (Å²) in [6.07, 6.45) is 1.57. The van der Waals surface area contributed by atoms with Crippen molar-refractivity contribution in [3.63, 3.8) is 0 Å². The monoisotopic (exact) mass is 515 g/mol. The molecule has 0 unspecified atom stereocenters. The Morgan fingerprint density at radius 3 is 2.62 bits per heavy atom. The van der Waals surface area contributed by atoms with E-state index in [0.29, 0.717) is 38.0 Å². The number of thioether (sulfide) groups is 1. The summed E-state index contributed by atoms with van der Waals surface area (Å²) in [5, 5.41) is 0.657. The fourth-order valence-electron chi connectivity index (χ4n) is 3.58. The van der Waals surface area contributed by atoms with Crippen LogP contribution in [-0.4, -0.2) is 29.2 Å². The first kappa shape index (κ1) is 24.5. The average molecular weight is 516 g/mol. The summed E-state index contributed by atoms with van der Waals surface area (Å²) in [7, 11) is 0. The Morgan fingerprint density at radius 1 is 1.09 bits per heavy atom. The molecule has 1 aromatic heterocycles. The van der Waals surface area contributed by atoms with Crippen LogP contribution in [0.15, 0.2) is 57.9 Å². The number of hydrogen-bond acceptors (Lipinski definition) is 5. The van der Waals surface area contributed by atoms with E-state index in [0.717, 1.165) is 28.6 Å². The van der Waals surface area contributed by atoms with E-state index < -0.39 is 0 Å². The zero-order chi connectivity index (χ0) is 24.4. The van der Waals surface area contributed by atoms with Gasteiger partial charge < -0.3 is 9.15 Å². The third-order valence-corrected chi connectivity index (χ3v) is 6.79. The van der Waals surface area contributed by atoms with Gasteiger partial charge in [0.05, 0.1) is 16.5 Å². The first-order valence-electron chi connectivity index (χ1n) is 10.8. The van der Waals surface area contributed by atoms with Gasteiger partial charge in [0.1, 0.15) is 23.9 Å². The minimum atomic E-state index is -0.366. The maximum atomic E-state index is 12.8. The number of ether oxygens (including phenoxy) is 1. The van der Waals surface area contributed by atoms with E-state index >= 15 is 0 Å². The van der Waals surface area contributed by atoms with Gasteiger partial charge in [0.15, 0.2) is 0 Å². The number of rotatable bonds is 7. The topological polar surface area (TPSA) is 59.8 Å². The molecule has 5 nitrogen and oxygen atoms in total. The van der Waals surface area contributed by atoms with Gasteiger partial charge in [0.2, 0.25) is 0 Å². The molecule has 2 amide bonds. The fourth-order valence-corrected chi connectivity index (χ4v) is 4.92. The number of nitrogens with zero attached hydrogens (tertiary/aromatic N) is 1. The molecule has 3 aromatic rings. The number of carbonyl (C=O) groups excluding carboxylic acids is 2. The van der Waals surface area contributed by atoms with Crippen molar-refractivity contribution in [2.24, 2.45) is 0 Å². The lowest BCUT2D eigenvalue weighted by molar-refractivity contribution is -0.123. The van der Waals surface area contributed by atoms with Crippen LogP contribution < -0.4 is 4.74 Å². The summed E-state index contributed by atoms with van der Waals surface area (Å²) in [5.41, 5.74) is 2.87. The van der Waals surface area contributed by atoms with Gasteiger partial charge in [-0.05, 0) is 72.1 Å². The summed E-state index contributed by atoms with van der Waals surface area (Å²) >= 11 is 13.1. The number of amides is 2. The first-order valence-corrected chi connectivity index (χ1v) is 12.3. The van der Waals surface area contributed by atoms with Crippen LogP contribution in [0.1, 0.15) is 36.7 Å². The number of hydrogen-bond donors (Lipinski definition) is 0. The zero-order valence-electron chi connectivity index (χ0n) is 18.9. The second-order valence-corrected chi connectivity index (χ2v) is 10.0. The quantitative estimate of drug-likeness (QED) is 0.300. The smallest absolute Gasteiger partial charge is 0.293 e. The number of aryl methyl sites for hydroxylation is 1. The molecule has 176 valence electrons. The van der Waals surface area contributed by atoms with Gasteiger partial charge >= 0.3 is 0 Å². The standard InChI is InChI=1S/C26H23Cl2NO4S/c1-15(2)19-7-4-16(3)12-23(19)32-11-10-29-25(30)24(34-26(29)31)14-18-6-9-22(33-18)20-8-5-17(27)13-21(20)28/h4-9,12-15H,10-11H2,1-3H3/b24-14-. The van der Waals surface area contributed by atoms with Crippen LogP contribution in [0.3, 0.4) is 0 Å². The molecule has 0 atom stereocenters. The maximum Gasteiger partial charge on any atom is 0.293 e. The molecule has 2 heterocycles. The largest absolute Gasteiger partial charge is 0.491 e. The maximum absolute atomic E-state index is 12.8. The molecule has 2 aromatic carbocycles. The normalized spacial score (nSPS) is 15.1. The van der Waals surface area contributed by atoms with E-state index in [1.54, 1.807) is 36.4 Å². The molecule has 0 bridgehead atoms.